The lowest BCUT2D eigenvalue weighted by Crippen LogP contribution is -2.37. The van der Waals surface area contributed by atoms with Crippen LogP contribution in [-0.2, 0) is 0 Å². The third-order valence-electron chi connectivity index (χ3n) is 2.49. The summed E-state index contributed by atoms with van der Waals surface area (Å²) in [7, 11) is 0. The van der Waals surface area contributed by atoms with Gasteiger partial charge in [-0.2, -0.15) is 0 Å². The van der Waals surface area contributed by atoms with Gasteiger partial charge in [0.05, 0.1) is 6.61 Å². The Morgan fingerprint density at radius 1 is 1.08 bits per heavy atom. The van der Waals surface area contributed by atoms with E-state index in [0.29, 0.717) is 6.04 Å². The van der Waals surface area contributed by atoms with E-state index >= 15 is 0 Å². The van der Waals surface area contributed by atoms with Crippen LogP contribution in [0.5, 0.6) is 0 Å². The largest absolute Gasteiger partial charge is 0.395 e. The summed E-state index contributed by atoms with van der Waals surface area (Å²) in [5.74, 6) is 0. The molecule has 1 unspecified atom stereocenters. The fourth-order valence-corrected chi connectivity index (χ4v) is 1.39. The Labute approximate surface area is 82.9 Å². The van der Waals surface area contributed by atoms with Gasteiger partial charge in [0.25, 0.3) is 0 Å². The number of aliphatic hydroxyl groups excluding tert-OH is 1. The van der Waals surface area contributed by atoms with Crippen molar-refractivity contribution in [1.82, 2.24) is 4.90 Å². The maximum Gasteiger partial charge on any atom is 0.0584 e. The Morgan fingerprint density at radius 3 is 1.85 bits per heavy atom. The molecule has 0 rings (SSSR count). The molecule has 0 spiro atoms. The lowest BCUT2D eigenvalue weighted by molar-refractivity contribution is 0.131. The normalized spacial score (nSPS) is 13.6. The molecule has 0 aromatic heterocycles. The lowest BCUT2D eigenvalue weighted by Gasteiger charge is -2.27. The molecule has 0 amide bonds. The van der Waals surface area contributed by atoms with Crippen LogP contribution in [0.25, 0.3) is 0 Å². The molecule has 0 aromatic carbocycles. The average Bonchev–Trinajstić information content (AvgIpc) is 2.17. The van der Waals surface area contributed by atoms with Crippen LogP contribution in [0.4, 0.5) is 0 Å². The summed E-state index contributed by atoms with van der Waals surface area (Å²) >= 11 is 0. The molecule has 0 fully saturated rings. The van der Waals surface area contributed by atoms with Gasteiger partial charge in [0.1, 0.15) is 0 Å². The van der Waals surface area contributed by atoms with Gasteiger partial charge in [-0.3, -0.25) is 4.90 Å². The maximum absolute atomic E-state index is 9.06. The second-order valence-electron chi connectivity index (χ2n) is 3.77. The Hall–Kier alpha value is -0.0800. The van der Waals surface area contributed by atoms with Crippen molar-refractivity contribution < 1.29 is 5.11 Å². The van der Waals surface area contributed by atoms with Gasteiger partial charge in [-0.15, -0.1) is 0 Å². The lowest BCUT2D eigenvalue weighted by atomic mass is 10.2. The first-order valence-electron chi connectivity index (χ1n) is 5.61. The van der Waals surface area contributed by atoms with E-state index in [0.717, 1.165) is 13.1 Å². The van der Waals surface area contributed by atoms with Crippen molar-refractivity contribution in [3.8, 4) is 0 Å². The molecule has 0 saturated carbocycles. The number of aliphatic hydroxyl groups is 1. The average molecular weight is 187 g/mol. The van der Waals surface area contributed by atoms with Crippen LogP contribution < -0.4 is 0 Å². The molecule has 2 nitrogen and oxygen atoms in total. The van der Waals surface area contributed by atoms with Crippen molar-refractivity contribution in [2.24, 2.45) is 0 Å². The first-order chi connectivity index (χ1) is 6.26. The van der Waals surface area contributed by atoms with Crippen molar-refractivity contribution in [3.05, 3.63) is 0 Å². The predicted molar refractivity (Wildman–Crippen MR) is 57.9 cm³/mol. The fraction of sp³-hybridized carbons (Fsp3) is 1.00. The number of unbranched alkanes of at least 4 members (excludes halogenated alkanes) is 2. The molecule has 2 heteroatoms. The Balaban J connectivity index is 3.72. The van der Waals surface area contributed by atoms with Gasteiger partial charge in [-0.1, -0.05) is 26.7 Å². The minimum atomic E-state index is 0.285. The zero-order valence-electron chi connectivity index (χ0n) is 9.42. The monoisotopic (exact) mass is 187 g/mol. The minimum Gasteiger partial charge on any atom is -0.395 e. The second-order valence-corrected chi connectivity index (χ2v) is 3.77. The molecule has 0 heterocycles. The molecule has 80 valence electrons. The summed E-state index contributed by atoms with van der Waals surface area (Å²) in [6.07, 6.45) is 4.96. The van der Waals surface area contributed by atoms with E-state index in [2.05, 4.69) is 25.7 Å². The highest BCUT2D eigenvalue weighted by molar-refractivity contribution is 4.65. The molecule has 0 aliphatic rings. The molecule has 0 saturated heterocycles. The summed E-state index contributed by atoms with van der Waals surface area (Å²) in [6, 6.07) is 0.332. The first kappa shape index (κ1) is 12.9. The van der Waals surface area contributed by atoms with E-state index in [9.17, 15) is 0 Å². The highest BCUT2D eigenvalue weighted by atomic mass is 16.3. The molecule has 0 aliphatic heterocycles. The number of hydrogen-bond donors (Lipinski definition) is 1. The van der Waals surface area contributed by atoms with Gasteiger partial charge in [-0.25, -0.2) is 0 Å². The van der Waals surface area contributed by atoms with Crippen molar-refractivity contribution in [2.75, 3.05) is 19.7 Å². The van der Waals surface area contributed by atoms with E-state index in [1.807, 2.05) is 0 Å². The summed E-state index contributed by atoms with van der Waals surface area (Å²) in [4.78, 5) is 2.40. The third kappa shape index (κ3) is 6.05. The quantitative estimate of drug-likeness (QED) is 0.630. The van der Waals surface area contributed by atoms with Crippen molar-refractivity contribution in [1.29, 1.82) is 0 Å². The highest BCUT2D eigenvalue weighted by Gasteiger charge is 2.10. The van der Waals surface area contributed by atoms with Crippen LogP contribution in [0.15, 0.2) is 0 Å². The Kier molecular flexibility index (Phi) is 8.46. The van der Waals surface area contributed by atoms with Crippen LogP contribution in [0.3, 0.4) is 0 Å². The molecular weight excluding hydrogens is 162 g/mol. The molecular formula is C11H25NO. The maximum atomic E-state index is 9.06. The smallest absolute Gasteiger partial charge is 0.0584 e. The van der Waals surface area contributed by atoms with Crippen LogP contribution in [0.1, 0.15) is 46.5 Å². The molecule has 0 aliphatic carbocycles. The third-order valence-corrected chi connectivity index (χ3v) is 2.49. The van der Waals surface area contributed by atoms with E-state index < -0.39 is 0 Å². The Morgan fingerprint density at radius 2 is 1.54 bits per heavy atom. The van der Waals surface area contributed by atoms with Gasteiger partial charge in [0.15, 0.2) is 0 Å². The van der Waals surface area contributed by atoms with Gasteiger partial charge in [0.2, 0.25) is 0 Å². The zero-order chi connectivity index (χ0) is 10.1. The summed E-state index contributed by atoms with van der Waals surface area (Å²) in [5, 5.41) is 9.06. The van der Waals surface area contributed by atoms with Crippen molar-refractivity contribution in [2.45, 2.75) is 52.5 Å². The van der Waals surface area contributed by atoms with Crippen LogP contribution >= 0.6 is 0 Å². The van der Waals surface area contributed by atoms with E-state index in [4.69, 9.17) is 5.11 Å². The standard InChI is InChI=1S/C11H25NO/c1-4-6-8-12(9-7-5-2)11(3)10-13/h11,13H,4-10H2,1-3H3. The number of nitrogens with zero attached hydrogens (tertiary/aromatic N) is 1. The van der Waals surface area contributed by atoms with Gasteiger partial charge >= 0.3 is 0 Å². The van der Waals surface area contributed by atoms with Crippen molar-refractivity contribution >= 4 is 0 Å². The minimum absolute atomic E-state index is 0.285. The van der Waals surface area contributed by atoms with Crippen LogP contribution in [0.2, 0.25) is 0 Å². The second kappa shape index (κ2) is 8.52. The molecule has 0 aromatic rings. The van der Waals surface area contributed by atoms with Gasteiger partial charge in [0, 0.05) is 6.04 Å². The molecule has 0 radical (unpaired) electrons. The van der Waals surface area contributed by atoms with Crippen LogP contribution in [-0.4, -0.2) is 35.7 Å². The van der Waals surface area contributed by atoms with E-state index in [1.165, 1.54) is 25.7 Å². The number of hydrogen-bond acceptors (Lipinski definition) is 2. The topological polar surface area (TPSA) is 23.5 Å². The van der Waals surface area contributed by atoms with Crippen LogP contribution in [0, 0.1) is 0 Å². The van der Waals surface area contributed by atoms with Crippen molar-refractivity contribution in [3.63, 3.8) is 0 Å². The molecule has 1 atom stereocenters. The summed E-state index contributed by atoms with van der Waals surface area (Å²) in [5.41, 5.74) is 0. The van der Waals surface area contributed by atoms with E-state index in [1.54, 1.807) is 0 Å². The van der Waals surface area contributed by atoms with Gasteiger partial charge < -0.3 is 5.11 Å². The number of rotatable bonds is 8. The SMILES string of the molecule is CCCCN(CCCC)C(C)CO. The van der Waals surface area contributed by atoms with E-state index in [-0.39, 0.29) is 6.61 Å². The van der Waals surface area contributed by atoms with Gasteiger partial charge in [-0.05, 0) is 32.9 Å². The fourth-order valence-electron chi connectivity index (χ4n) is 1.39. The summed E-state index contributed by atoms with van der Waals surface area (Å²) < 4.78 is 0. The summed E-state index contributed by atoms with van der Waals surface area (Å²) in [6.45, 7) is 9.08. The molecule has 1 N–H and O–H groups in total. The molecule has 13 heavy (non-hydrogen) atoms. The Bertz CT molecular complexity index is 98.3. The predicted octanol–water partition coefficient (Wildman–Crippen LogP) is 2.27. The first-order valence-corrected chi connectivity index (χ1v) is 5.61. The highest BCUT2D eigenvalue weighted by Crippen LogP contribution is 2.04. The molecule has 0 bridgehead atoms. The zero-order valence-corrected chi connectivity index (χ0v) is 9.42.